The number of alkyl halides is 3. The van der Waals surface area contributed by atoms with Crippen LogP contribution in [0.3, 0.4) is 0 Å². The molecule has 4 nitrogen and oxygen atoms in total. The summed E-state index contributed by atoms with van der Waals surface area (Å²) in [6.07, 6.45) is 0.385. The maximum atomic E-state index is 13.3. The van der Waals surface area contributed by atoms with Crippen molar-refractivity contribution in [3.8, 4) is 5.75 Å². The molecule has 0 atom stereocenters. The van der Waals surface area contributed by atoms with E-state index >= 15 is 0 Å². The van der Waals surface area contributed by atoms with Crippen LogP contribution in [-0.4, -0.2) is 17.8 Å². The summed E-state index contributed by atoms with van der Waals surface area (Å²) < 4.78 is 37.4. The monoisotopic (exact) mass is 320 g/mol. The number of carbonyl (C=O) groups is 1. The van der Waals surface area contributed by atoms with Gasteiger partial charge in [-0.15, -0.1) is 0 Å². The molecule has 0 spiro atoms. The Labute approximate surface area is 111 Å². The van der Waals surface area contributed by atoms with Crippen molar-refractivity contribution >= 4 is 51.2 Å². The number of hydrogen-bond donors (Lipinski definition) is 0. The van der Waals surface area contributed by atoms with E-state index in [1.54, 1.807) is 0 Å². The molecule has 0 heterocycles. The summed E-state index contributed by atoms with van der Waals surface area (Å²) in [5.41, 5.74) is 0.0149. The van der Waals surface area contributed by atoms with Gasteiger partial charge in [0, 0.05) is 5.56 Å². The van der Waals surface area contributed by atoms with Gasteiger partial charge in [-0.3, -0.25) is 4.79 Å². The lowest BCUT2D eigenvalue weighted by Crippen LogP contribution is -2.25. The Morgan fingerprint density at radius 2 is 1.88 bits per heavy atom. The lowest BCUT2D eigenvalue weighted by atomic mass is 10.2. The molecule has 17 heavy (non-hydrogen) atoms. The summed E-state index contributed by atoms with van der Waals surface area (Å²) in [4.78, 5) is 10.3. The number of rotatable bonds is 3. The molecule has 0 radical (unpaired) electrons. The Morgan fingerprint density at radius 3 is 2.29 bits per heavy atom. The Balaban J connectivity index is 3.09. The Kier molecular flexibility index (Phi) is 4.24. The van der Waals surface area contributed by atoms with Crippen LogP contribution < -0.4 is 4.18 Å². The van der Waals surface area contributed by atoms with Crippen molar-refractivity contribution in [2.75, 3.05) is 0 Å². The zero-order valence-electron chi connectivity index (χ0n) is 7.86. The summed E-state index contributed by atoms with van der Waals surface area (Å²) in [6.45, 7) is 0. The molecule has 0 aliphatic heterocycles. The summed E-state index contributed by atoms with van der Waals surface area (Å²) >= 11 is 15.4. The van der Waals surface area contributed by atoms with E-state index in [1.165, 1.54) is 0 Å². The minimum atomic E-state index is -4.62. The average molecular weight is 322 g/mol. The molecule has 0 aromatic heterocycles. The van der Waals surface area contributed by atoms with Crippen molar-refractivity contribution in [1.82, 2.24) is 0 Å². The van der Waals surface area contributed by atoms with Crippen molar-refractivity contribution in [3.63, 3.8) is 0 Å². The Bertz CT molecular complexity index is 538. The van der Waals surface area contributed by atoms with Crippen LogP contribution in [0, 0.1) is 5.82 Å². The third kappa shape index (κ3) is 3.45. The molecule has 0 unspecified atom stereocenters. The highest BCUT2D eigenvalue weighted by atomic mass is 35.6. The highest BCUT2D eigenvalue weighted by Crippen LogP contribution is 2.35. The molecule has 0 bridgehead atoms. The molecule has 1 aromatic carbocycles. The van der Waals surface area contributed by atoms with E-state index in [2.05, 4.69) is 4.18 Å². The lowest BCUT2D eigenvalue weighted by Gasteiger charge is -2.13. The van der Waals surface area contributed by atoms with Crippen LogP contribution in [0.1, 0.15) is 10.4 Å². The normalized spacial score (nSPS) is 12.2. The molecule has 0 saturated heterocycles. The van der Waals surface area contributed by atoms with Crippen LogP contribution in [0.5, 0.6) is 5.75 Å². The average Bonchev–Trinajstić information content (AvgIpc) is 2.19. The predicted molar refractivity (Wildman–Crippen MR) is 61.6 cm³/mol. The molecule has 1 rings (SSSR count). The molecular formula is C8H4Cl3FO4S. The topological polar surface area (TPSA) is 60.4 Å². The van der Waals surface area contributed by atoms with Crippen LogP contribution in [0.15, 0.2) is 18.2 Å². The fourth-order valence-corrected chi connectivity index (χ4v) is 1.57. The smallest absolute Gasteiger partial charge is 0.359 e. The van der Waals surface area contributed by atoms with Gasteiger partial charge < -0.3 is 4.18 Å². The first-order valence-corrected chi connectivity index (χ1v) is 6.47. The molecule has 0 saturated carbocycles. The summed E-state index contributed by atoms with van der Waals surface area (Å²) in [6, 6.07) is 2.88. The minimum Gasteiger partial charge on any atom is -0.376 e. The quantitative estimate of drug-likeness (QED) is 0.488. The largest absolute Gasteiger partial charge is 0.376 e. The fourth-order valence-electron chi connectivity index (χ4n) is 0.823. The van der Waals surface area contributed by atoms with Crippen LogP contribution in [-0.2, 0) is 10.1 Å². The van der Waals surface area contributed by atoms with Gasteiger partial charge in [0.15, 0.2) is 11.6 Å². The predicted octanol–water partition coefficient (Wildman–Crippen LogP) is 2.67. The third-order valence-electron chi connectivity index (χ3n) is 1.57. The minimum absolute atomic E-state index is 0.0149. The Morgan fingerprint density at radius 1 is 1.29 bits per heavy atom. The second-order valence-electron chi connectivity index (χ2n) is 2.79. The van der Waals surface area contributed by atoms with E-state index in [-0.39, 0.29) is 5.56 Å². The van der Waals surface area contributed by atoms with Gasteiger partial charge in [-0.25, -0.2) is 4.39 Å². The van der Waals surface area contributed by atoms with Gasteiger partial charge in [0.05, 0.1) is 0 Å². The van der Waals surface area contributed by atoms with Gasteiger partial charge in [-0.2, -0.15) is 8.42 Å². The van der Waals surface area contributed by atoms with Crippen LogP contribution in [0.25, 0.3) is 0 Å². The van der Waals surface area contributed by atoms with Crippen molar-refractivity contribution < 1.29 is 21.8 Å². The van der Waals surface area contributed by atoms with Gasteiger partial charge >= 0.3 is 13.2 Å². The number of hydrogen-bond acceptors (Lipinski definition) is 4. The maximum Gasteiger partial charge on any atom is 0.359 e. The van der Waals surface area contributed by atoms with Gasteiger partial charge in [0.2, 0.25) is 0 Å². The molecule has 0 N–H and O–H groups in total. The Hall–Kier alpha value is -0.560. The summed E-state index contributed by atoms with van der Waals surface area (Å²) in [5.74, 6) is -1.73. The van der Waals surface area contributed by atoms with Crippen molar-refractivity contribution in [2.24, 2.45) is 0 Å². The number of halogens is 4. The maximum absolute atomic E-state index is 13.3. The standard InChI is InChI=1S/C8H4Cl3FO4S/c9-8(10,11)17(14,15)16-7-2-1-5(4-13)3-6(7)12/h1-4H. The van der Waals surface area contributed by atoms with E-state index in [1.807, 2.05) is 0 Å². The van der Waals surface area contributed by atoms with Gasteiger partial charge in [-0.1, -0.05) is 34.8 Å². The second-order valence-corrected chi connectivity index (χ2v) is 7.43. The zero-order chi connectivity index (χ0) is 13.3. The number of aldehydes is 1. The third-order valence-corrected chi connectivity index (χ3v) is 4.24. The first-order valence-electron chi connectivity index (χ1n) is 3.93. The molecule has 94 valence electrons. The lowest BCUT2D eigenvalue weighted by molar-refractivity contribution is 0.112. The van der Waals surface area contributed by atoms with E-state index < -0.39 is 24.8 Å². The summed E-state index contributed by atoms with van der Waals surface area (Å²) in [7, 11) is -4.62. The van der Waals surface area contributed by atoms with E-state index in [4.69, 9.17) is 34.8 Å². The van der Waals surface area contributed by atoms with E-state index in [0.29, 0.717) is 6.29 Å². The highest BCUT2D eigenvalue weighted by Gasteiger charge is 2.40. The number of carbonyl (C=O) groups excluding carboxylic acids is 1. The van der Waals surface area contributed by atoms with Crippen LogP contribution in [0.4, 0.5) is 4.39 Å². The molecule has 0 amide bonds. The van der Waals surface area contributed by atoms with Crippen LogP contribution >= 0.6 is 34.8 Å². The second kappa shape index (κ2) is 4.97. The number of benzene rings is 1. The molecule has 0 aliphatic rings. The highest BCUT2D eigenvalue weighted by molar-refractivity contribution is 7.93. The van der Waals surface area contributed by atoms with E-state index in [0.717, 1.165) is 18.2 Å². The molecule has 9 heteroatoms. The molecular weight excluding hydrogens is 318 g/mol. The van der Waals surface area contributed by atoms with Gasteiger partial charge in [0.1, 0.15) is 6.29 Å². The molecule has 0 fully saturated rings. The van der Waals surface area contributed by atoms with Gasteiger partial charge in [0.25, 0.3) is 0 Å². The molecule has 1 aromatic rings. The van der Waals surface area contributed by atoms with Gasteiger partial charge in [-0.05, 0) is 18.2 Å². The van der Waals surface area contributed by atoms with Crippen molar-refractivity contribution in [3.05, 3.63) is 29.6 Å². The zero-order valence-corrected chi connectivity index (χ0v) is 10.9. The van der Waals surface area contributed by atoms with Crippen LogP contribution in [0.2, 0.25) is 0 Å². The van der Waals surface area contributed by atoms with Crippen molar-refractivity contribution in [2.45, 2.75) is 3.12 Å². The first-order chi connectivity index (χ1) is 7.67. The van der Waals surface area contributed by atoms with E-state index in [9.17, 15) is 17.6 Å². The first kappa shape index (κ1) is 14.5. The summed E-state index contributed by atoms with van der Waals surface area (Å²) in [5, 5.41) is 0. The molecule has 0 aliphatic carbocycles. The SMILES string of the molecule is O=Cc1ccc(OS(=O)(=O)C(Cl)(Cl)Cl)c(F)c1. The van der Waals surface area contributed by atoms with Crippen molar-refractivity contribution in [1.29, 1.82) is 0 Å². The fraction of sp³-hybridized carbons (Fsp3) is 0.125.